The van der Waals surface area contributed by atoms with Gasteiger partial charge in [0.2, 0.25) is 5.95 Å². The fourth-order valence-electron chi connectivity index (χ4n) is 3.73. The molecule has 1 saturated heterocycles. The van der Waals surface area contributed by atoms with Crippen molar-refractivity contribution in [3.63, 3.8) is 0 Å². The zero-order valence-corrected chi connectivity index (χ0v) is 17.1. The molecule has 4 aromatic rings. The van der Waals surface area contributed by atoms with Gasteiger partial charge in [-0.1, -0.05) is 6.92 Å². The molecule has 0 atom stereocenters. The minimum Gasteiger partial charge on any atom is -0.338 e. The number of aromatic nitrogens is 7. The first-order chi connectivity index (χ1) is 14.7. The van der Waals surface area contributed by atoms with Crippen molar-refractivity contribution in [1.82, 2.24) is 39.4 Å². The Balaban J connectivity index is 1.48. The minimum absolute atomic E-state index is 0.563. The zero-order valence-electron chi connectivity index (χ0n) is 17.1. The number of piperazine rings is 1. The van der Waals surface area contributed by atoms with E-state index in [2.05, 4.69) is 41.8 Å². The van der Waals surface area contributed by atoms with E-state index in [-0.39, 0.29) is 0 Å². The van der Waals surface area contributed by atoms with E-state index in [4.69, 9.17) is 4.98 Å². The summed E-state index contributed by atoms with van der Waals surface area (Å²) in [5.74, 6) is 1.95. The molecule has 5 rings (SSSR count). The van der Waals surface area contributed by atoms with Gasteiger partial charge >= 0.3 is 0 Å². The second-order valence-corrected chi connectivity index (χ2v) is 7.30. The molecule has 9 heteroatoms. The Morgan fingerprint density at radius 3 is 2.50 bits per heavy atom. The molecule has 9 nitrogen and oxygen atoms in total. The molecule has 1 aliphatic heterocycles. The van der Waals surface area contributed by atoms with Crippen molar-refractivity contribution < 1.29 is 0 Å². The molecule has 1 aliphatic rings. The molecule has 5 heterocycles. The van der Waals surface area contributed by atoms with Gasteiger partial charge in [0.15, 0.2) is 5.82 Å². The first-order valence-corrected chi connectivity index (χ1v) is 10.2. The number of aryl methyl sites for hydroxylation is 1. The van der Waals surface area contributed by atoms with Gasteiger partial charge < -0.3 is 9.80 Å². The summed E-state index contributed by atoms with van der Waals surface area (Å²) in [6.07, 6.45) is 7.10. The minimum atomic E-state index is 0.563. The van der Waals surface area contributed by atoms with Gasteiger partial charge in [-0.3, -0.25) is 4.98 Å². The van der Waals surface area contributed by atoms with E-state index < -0.39 is 0 Å². The van der Waals surface area contributed by atoms with E-state index >= 15 is 0 Å². The first kappa shape index (κ1) is 18.6. The number of pyridine rings is 1. The normalized spacial score (nSPS) is 15.1. The average molecular weight is 401 g/mol. The van der Waals surface area contributed by atoms with Gasteiger partial charge in [0.05, 0.1) is 11.4 Å². The number of anilines is 1. The summed E-state index contributed by atoms with van der Waals surface area (Å²) in [5, 5.41) is 4.65. The van der Waals surface area contributed by atoms with Crippen LogP contribution < -0.4 is 4.90 Å². The van der Waals surface area contributed by atoms with Crippen LogP contribution in [0.5, 0.6) is 0 Å². The highest BCUT2D eigenvalue weighted by Gasteiger charge is 2.19. The van der Waals surface area contributed by atoms with Crippen molar-refractivity contribution in [2.45, 2.75) is 13.8 Å². The average Bonchev–Trinajstić information content (AvgIpc) is 3.26. The lowest BCUT2D eigenvalue weighted by Crippen LogP contribution is -2.46. The maximum atomic E-state index is 4.84. The second-order valence-electron chi connectivity index (χ2n) is 7.30. The predicted octanol–water partition coefficient (Wildman–Crippen LogP) is 2.09. The Morgan fingerprint density at radius 2 is 1.73 bits per heavy atom. The topological polar surface area (TPSA) is 88.2 Å². The number of hydrogen-bond donors (Lipinski definition) is 0. The Labute approximate surface area is 174 Å². The molecule has 0 radical (unpaired) electrons. The fourth-order valence-corrected chi connectivity index (χ4v) is 3.73. The quantitative estimate of drug-likeness (QED) is 0.514. The molecule has 0 saturated carbocycles. The third-order valence-corrected chi connectivity index (χ3v) is 5.57. The zero-order chi connectivity index (χ0) is 20.5. The van der Waals surface area contributed by atoms with Crippen LogP contribution in [0.25, 0.3) is 28.4 Å². The fraction of sp³-hybridized carbons (Fsp3) is 0.333. The number of hydrogen-bond acceptors (Lipinski definition) is 8. The summed E-state index contributed by atoms with van der Waals surface area (Å²) in [5.41, 5.74) is 3.61. The van der Waals surface area contributed by atoms with Crippen LogP contribution in [0.2, 0.25) is 0 Å². The molecule has 0 aliphatic carbocycles. The van der Waals surface area contributed by atoms with Crippen molar-refractivity contribution in [1.29, 1.82) is 0 Å². The van der Waals surface area contributed by atoms with Crippen LogP contribution in [0.15, 0.2) is 43.0 Å². The van der Waals surface area contributed by atoms with Gasteiger partial charge in [-0.05, 0) is 31.7 Å². The molecule has 0 bridgehead atoms. The van der Waals surface area contributed by atoms with Gasteiger partial charge in [0.1, 0.15) is 0 Å². The van der Waals surface area contributed by atoms with E-state index in [0.29, 0.717) is 11.6 Å². The van der Waals surface area contributed by atoms with Crippen LogP contribution in [-0.2, 0) is 0 Å². The number of rotatable bonds is 4. The third-order valence-electron chi connectivity index (χ3n) is 5.57. The van der Waals surface area contributed by atoms with Crippen LogP contribution in [-0.4, -0.2) is 72.2 Å². The molecule has 30 heavy (non-hydrogen) atoms. The molecule has 0 amide bonds. The van der Waals surface area contributed by atoms with Crippen molar-refractivity contribution in [3.8, 4) is 22.6 Å². The SMILES string of the molecule is CCN1CCN(c2nccc(-c3cnc4nc(-c5ccncc5)nn4c3C)n2)CC1. The molecular formula is C21H23N9. The molecular weight excluding hydrogens is 378 g/mol. The van der Waals surface area contributed by atoms with E-state index in [1.807, 2.05) is 37.5 Å². The summed E-state index contributed by atoms with van der Waals surface area (Å²) in [4.78, 5) is 27.2. The largest absolute Gasteiger partial charge is 0.338 e. The number of fused-ring (bicyclic) bond motifs is 1. The Kier molecular flexibility index (Phi) is 4.80. The Morgan fingerprint density at radius 1 is 0.933 bits per heavy atom. The van der Waals surface area contributed by atoms with Crippen molar-refractivity contribution in [3.05, 3.63) is 48.7 Å². The molecule has 4 aromatic heterocycles. The lowest BCUT2D eigenvalue weighted by Gasteiger charge is -2.34. The van der Waals surface area contributed by atoms with Crippen LogP contribution in [0.4, 0.5) is 5.95 Å². The summed E-state index contributed by atoms with van der Waals surface area (Å²) < 4.78 is 1.77. The highest BCUT2D eigenvalue weighted by Crippen LogP contribution is 2.24. The van der Waals surface area contributed by atoms with Gasteiger partial charge in [0, 0.05) is 62.1 Å². The van der Waals surface area contributed by atoms with Crippen LogP contribution >= 0.6 is 0 Å². The number of nitrogens with zero attached hydrogens (tertiary/aromatic N) is 9. The van der Waals surface area contributed by atoms with Crippen molar-refractivity contribution in [2.24, 2.45) is 0 Å². The first-order valence-electron chi connectivity index (χ1n) is 10.2. The summed E-state index contributed by atoms with van der Waals surface area (Å²) in [6, 6.07) is 5.70. The third kappa shape index (κ3) is 3.37. The van der Waals surface area contributed by atoms with Crippen LogP contribution in [0, 0.1) is 6.92 Å². The molecule has 152 valence electrons. The Hall–Kier alpha value is -3.46. The highest BCUT2D eigenvalue weighted by atomic mass is 15.3. The van der Waals surface area contributed by atoms with Crippen molar-refractivity contribution in [2.75, 3.05) is 37.6 Å². The molecule has 1 fully saturated rings. The van der Waals surface area contributed by atoms with E-state index in [9.17, 15) is 0 Å². The summed E-state index contributed by atoms with van der Waals surface area (Å²) in [7, 11) is 0. The number of likely N-dealkylation sites (N-methyl/N-ethyl adjacent to an activating group) is 1. The molecule has 0 spiro atoms. The molecule has 0 N–H and O–H groups in total. The van der Waals surface area contributed by atoms with Crippen LogP contribution in [0.1, 0.15) is 12.6 Å². The van der Waals surface area contributed by atoms with E-state index in [1.54, 1.807) is 16.9 Å². The molecule has 0 aromatic carbocycles. The highest BCUT2D eigenvalue weighted by molar-refractivity contribution is 5.64. The van der Waals surface area contributed by atoms with E-state index in [0.717, 1.165) is 61.2 Å². The maximum Gasteiger partial charge on any atom is 0.252 e. The standard InChI is InChI=1S/C21H23N9/c1-3-28-10-12-29(13-11-28)20-23-9-6-18(25-20)17-14-24-21-26-19(27-30(21)15(17)2)16-4-7-22-8-5-16/h4-9,14H,3,10-13H2,1-2H3. The van der Waals surface area contributed by atoms with Gasteiger partial charge in [-0.25, -0.2) is 19.5 Å². The van der Waals surface area contributed by atoms with Crippen molar-refractivity contribution >= 4 is 11.7 Å². The summed E-state index contributed by atoms with van der Waals surface area (Å²) in [6.45, 7) is 9.23. The monoisotopic (exact) mass is 401 g/mol. The Bertz CT molecular complexity index is 1160. The lowest BCUT2D eigenvalue weighted by atomic mass is 10.2. The van der Waals surface area contributed by atoms with E-state index in [1.165, 1.54) is 0 Å². The second kappa shape index (κ2) is 7.75. The van der Waals surface area contributed by atoms with Gasteiger partial charge in [0.25, 0.3) is 5.78 Å². The summed E-state index contributed by atoms with van der Waals surface area (Å²) >= 11 is 0. The maximum absolute atomic E-state index is 4.84. The predicted molar refractivity (Wildman–Crippen MR) is 114 cm³/mol. The van der Waals surface area contributed by atoms with Gasteiger partial charge in [-0.2, -0.15) is 4.98 Å². The molecule has 0 unspecified atom stereocenters. The van der Waals surface area contributed by atoms with Crippen LogP contribution in [0.3, 0.4) is 0 Å². The lowest BCUT2D eigenvalue weighted by molar-refractivity contribution is 0.270. The smallest absolute Gasteiger partial charge is 0.252 e. The van der Waals surface area contributed by atoms with Gasteiger partial charge in [-0.15, -0.1) is 5.10 Å².